The number of benzene rings is 6. The van der Waals surface area contributed by atoms with E-state index in [1.165, 1.54) is 11.1 Å². The fourth-order valence-electron chi connectivity index (χ4n) is 5.53. The largest absolute Gasteiger partial charge is 0.464 e. The van der Waals surface area contributed by atoms with Crippen molar-refractivity contribution in [1.82, 2.24) is 0 Å². The molecule has 0 saturated heterocycles. The van der Waals surface area contributed by atoms with Crippen LogP contribution >= 0.6 is 47.8 Å². The lowest BCUT2D eigenvalue weighted by molar-refractivity contribution is -0.144. The summed E-state index contributed by atoms with van der Waals surface area (Å²) in [4.78, 5) is 18.9. The summed E-state index contributed by atoms with van der Waals surface area (Å²) in [5.74, 6) is -0.666. The number of hydrogen-bond donors (Lipinski definition) is 0. The fourth-order valence-corrected chi connectivity index (χ4v) is 6.96. The van der Waals surface area contributed by atoms with E-state index in [0.717, 1.165) is 36.9 Å². The van der Waals surface area contributed by atoms with Gasteiger partial charge in [-0.15, -0.1) is 0 Å². The number of hydrogen-bond acceptors (Lipinski definition) is 3. The van der Waals surface area contributed by atoms with Crippen LogP contribution in [0.3, 0.4) is 0 Å². The maximum atomic E-state index is 13.5. The van der Waals surface area contributed by atoms with Gasteiger partial charge in [0.15, 0.2) is 6.04 Å². The van der Waals surface area contributed by atoms with Crippen molar-refractivity contribution in [2.45, 2.75) is 23.7 Å². The maximum Gasteiger partial charge on any atom is 0.331 e. The summed E-state index contributed by atoms with van der Waals surface area (Å²) >= 11 is 10.8. The van der Waals surface area contributed by atoms with E-state index in [2.05, 4.69) is 90.3 Å². The predicted molar refractivity (Wildman–Crippen MR) is 213 cm³/mol. The minimum atomic E-state index is -0.771. The Bertz CT molecular complexity index is 1890. The molecule has 0 saturated carbocycles. The highest BCUT2D eigenvalue weighted by Gasteiger charge is 2.33. The van der Waals surface area contributed by atoms with Crippen LogP contribution in [0.4, 0.5) is 0 Å². The predicted octanol–water partition coefficient (Wildman–Crippen LogP) is 12.0. The fraction of sp³-hybridized carbons (Fsp3) is 0.116. The van der Waals surface area contributed by atoms with Gasteiger partial charge in [-0.3, -0.25) is 4.99 Å². The van der Waals surface area contributed by atoms with E-state index in [-0.39, 0.29) is 23.3 Å². The molecular formula is C43H36Br3NO2. The standard InChI is InChI=1S/C30H26BrNO2.C13H10Br2/c1-2-34-30(33)29(27(22-13-6-3-7-14-22)25-19-12-20-26(31)21-25)32-28(23-15-8-4-9-16-23)24-17-10-5-11-18-24;14-12-8-4-7-11(9-12)13(15)10-5-2-1-3-6-10/h3-21,27,29H,2H2,1H3;1-9,13H. The van der Waals surface area contributed by atoms with Crippen LogP contribution in [-0.2, 0) is 9.53 Å². The van der Waals surface area contributed by atoms with E-state index >= 15 is 0 Å². The number of nitrogens with zero attached hydrogens (tertiary/aromatic N) is 1. The summed E-state index contributed by atoms with van der Waals surface area (Å²) in [6.45, 7) is 2.11. The number of esters is 1. The second kappa shape index (κ2) is 18.6. The van der Waals surface area contributed by atoms with Crippen molar-refractivity contribution in [3.63, 3.8) is 0 Å². The number of halogens is 3. The van der Waals surface area contributed by atoms with Gasteiger partial charge in [-0.2, -0.15) is 0 Å². The molecule has 3 atom stereocenters. The summed E-state index contributed by atoms with van der Waals surface area (Å²) < 4.78 is 7.63. The highest BCUT2D eigenvalue weighted by Crippen LogP contribution is 2.34. The molecule has 0 fully saturated rings. The topological polar surface area (TPSA) is 38.7 Å². The molecule has 246 valence electrons. The van der Waals surface area contributed by atoms with Gasteiger partial charge < -0.3 is 4.74 Å². The van der Waals surface area contributed by atoms with E-state index in [0.29, 0.717) is 0 Å². The Hall–Kier alpha value is -4.10. The summed E-state index contributed by atoms with van der Waals surface area (Å²) in [7, 11) is 0. The molecule has 0 spiro atoms. The number of alkyl halides is 1. The SMILES string of the molecule is Brc1cccc(C(Br)c2ccccc2)c1.CCOC(=O)C(N=C(c1ccccc1)c1ccccc1)C(c1ccccc1)c1cccc(Br)c1. The van der Waals surface area contributed by atoms with Crippen LogP contribution in [0, 0.1) is 0 Å². The molecule has 6 heteroatoms. The minimum Gasteiger partial charge on any atom is -0.464 e. The number of ether oxygens (including phenoxy) is 1. The number of carbonyl (C=O) groups is 1. The van der Waals surface area contributed by atoms with Gasteiger partial charge in [0.05, 0.1) is 17.1 Å². The van der Waals surface area contributed by atoms with Crippen LogP contribution in [0.25, 0.3) is 0 Å². The van der Waals surface area contributed by atoms with Crippen molar-refractivity contribution in [3.05, 3.63) is 212 Å². The Morgan fingerprint density at radius 2 is 1.00 bits per heavy atom. The summed E-state index contributed by atoms with van der Waals surface area (Å²) in [5.41, 5.74) is 7.18. The smallest absolute Gasteiger partial charge is 0.331 e. The second-order valence-electron chi connectivity index (χ2n) is 11.2. The van der Waals surface area contributed by atoms with E-state index in [4.69, 9.17) is 9.73 Å². The summed E-state index contributed by atoms with van der Waals surface area (Å²) in [6, 6.07) is 56.0. The van der Waals surface area contributed by atoms with Gasteiger partial charge in [0.1, 0.15) is 0 Å². The first-order chi connectivity index (χ1) is 23.9. The van der Waals surface area contributed by atoms with Gasteiger partial charge >= 0.3 is 5.97 Å². The molecule has 0 bridgehead atoms. The zero-order chi connectivity index (χ0) is 34.4. The average Bonchev–Trinajstić information content (AvgIpc) is 3.15. The molecule has 0 amide bonds. The van der Waals surface area contributed by atoms with Crippen molar-refractivity contribution >= 4 is 59.5 Å². The number of rotatable bonds is 10. The molecule has 49 heavy (non-hydrogen) atoms. The first-order valence-electron chi connectivity index (χ1n) is 16.0. The van der Waals surface area contributed by atoms with Crippen LogP contribution in [0.2, 0.25) is 0 Å². The van der Waals surface area contributed by atoms with Crippen molar-refractivity contribution in [2.24, 2.45) is 4.99 Å². The quantitative estimate of drug-likeness (QED) is 0.0783. The Labute approximate surface area is 314 Å². The third-order valence-electron chi connectivity index (χ3n) is 7.81. The molecule has 0 N–H and O–H groups in total. The molecule has 0 aliphatic heterocycles. The van der Waals surface area contributed by atoms with Crippen LogP contribution in [0.5, 0.6) is 0 Å². The van der Waals surface area contributed by atoms with Crippen LogP contribution in [0.1, 0.15) is 51.0 Å². The van der Waals surface area contributed by atoms with Crippen LogP contribution < -0.4 is 0 Å². The van der Waals surface area contributed by atoms with E-state index in [9.17, 15) is 4.79 Å². The molecule has 0 aliphatic rings. The molecule has 6 aromatic rings. The lowest BCUT2D eigenvalue weighted by Gasteiger charge is -2.25. The Morgan fingerprint density at radius 3 is 1.49 bits per heavy atom. The minimum absolute atomic E-state index is 0.260. The molecule has 6 aromatic carbocycles. The molecule has 3 nitrogen and oxygen atoms in total. The van der Waals surface area contributed by atoms with Gasteiger partial charge in [0.25, 0.3) is 0 Å². The van der Waals surface area contributed by atoms with Crippen molar-refractivity contribution < 1.29 is 9.53 Å². The van der Waals surface area contributed by atoms with Crippen molar-refractivity contribution in [1.29, 1.82) is 0 Å². The summed E-state index contributed by atoms with van der Waals surface area (Å²) in [6.07, 6.45) is 0. The van der Waals surface area contributed by atoms with Gasteiger partial charge in [-0.05, 0) is 53.4 Å². The van der Waals surface area contributed by atoms with Crippen molar-refractivity contribution in [3.8, 4) is 0 Å². The van der Waals surface area contributed by atoms with Gasteiger partial charge in [-0.25, -0.2) is 4.79 Å². The van der Waals surface area contributed by atoms with Crippen LogP contribution in [0.15, 0.2) is 184 Å². The Balaban J connectivity index is 0.000000259. The zero-order valence-corrected chi connectivity index (χ0v) is 31.8. The summed E-state index contributed by atoms with van der Waals surface area (Å²) in [5, 5.41) is 0. The van der Waals surface area contributed by atoms with Crippen LogP contribution in [-0.4, -0.2) is 24.3 Å². The van der Waals surface area contributed by atoms with E-state index < -0.39 is 6.04 Å². The highest BCUT2D eigenvalue weighted by molar-refractivity contribution is 9.10. The molecule has 0 heterocycles. The molecule has 6 rings (SSSR count). The third-order valence-corrected chi connectivity index (χ3v) is 9.85. The second-order valence-corrected chi connectivity index (χ2v) is 13.9. The molecule has 0 radical (unpaired) electrons. The lowest BCUT2D eigenvalue weighted by Crippen LogP contribution is -2.31. The Kier molecular flexibility index (Phi) is 13.7. The highest BCUT2D eigenvalue weighted by atomic mass is 79.9. The average molecular weight is 838 g/mol. The molecule has 0 aromatic heterocycles. The Morgan fingerprint density at radius 1 is 0.571 bits per heavy atom. The normalized spacial score (nSPS) is 12.4. The van der Waals surface area contributed by atoms with E-state index in [1.54, 1.807) is 0 Å². The number of carbonyl (C=O) groups excluding carboxylic acids is 1. The van der Waals surface area contributed by atoms with Crippen molar-refractivity contribution in [2.75, 3.05) is 6.61 Å². The molecular weight excluding hydrogens is 802 g/mol. The molecule has 3 unspecified atom stereocenters. The maximum absolute atomic E-state index is 13.5. The van der Waals surface area contributed by atoms with Gasteiger partial charge in [0.2, 0.25) is 0 Å². The molecule has 0 aliphatic carbocycles. The monoisotopic (exact) mass is 835 g/mol. The van der Waals surface area contributed by atoms with Gasteiger partial charge in [0, 0.05) is 26.0 Å². The third kappa shape index (κ3) is 10.2. The number of aliphatic imine (C=N–C) groups is 1. The lowest BCUT2D eigenvalue weighted by atomic mass is 9.85. The van der Waals surface area contributed by atoms with Gasteiger partial charge in [-0.1, -0.05) is 193 Å². The first-order valence-corrected chi connectivity index (χ1v) is 18.5. The zero-order valence-electron chi connectivity index (χ0n) is 27.0. The van der Waals surface area contributed by atoms with E-state index in [1.807, 2.05) is 134 Å². The first kappa shape index (κ1) is 36.2.